The quantitative estimate of drug-likeness (QED) is 0.809. The number of carbonyl (C=O) groups excluding carboxylic acids is 1. The lowest BCUT2D eigenvalue weighted by molar-refractivity contribution is 0.0487. The van der Waals surface area contributed by atoms with E-state index in [1.54, 1.807) is 5.38 Å². The molecule has 1 aliphatic rings. The van der Waals surface area contributed by atoms with Crippen LogP contribution >= 0.6 is 22.9 Å². The minimum atomic E-state index is -0.158. The molecule has 1 amide bonds. The Morgan fingerprint density at radius 2 is 2.20 bits per heavy atom. The van der Waals surface area contributed by atoms with Gasteiger partial charge >= 0.3 is 0 Å². The van der Waals surface area contributed by atoms with Crippen molar-refractivity contribution >= 4 is 28.8 Å². The molecule has 2 aromatic rings. The van der Waals surface area contributed by atoms with Gasteiger partial charge in [-0.3, -0.25) is 4.79 Å². The number of nitrogens with two attached hydrogens (primary N) is 1. The minimum absolute atomic E-state index is 0.146. The van der Waals surface area contributed by atoms with Gasteiger partial charge in [0.2, 0.25) is 0 Å². The van der Waals surface area contributed by atoms with Crippen LogP contribution < -0.4 is 11.1 Å². The first-order valence-corrected chi connectivity index (χ1v) is 9.65. The number of thiazole rings is 1. The normalized spacial score (nSPS) is 16.6. The largest absolute Gasteiger partial charge is 0.381 e. The molecule has 5 nitrogen and oxygen atoms in total. The molecule has 2 heterocycles. The molecule has 3 rings (SSSR count). The number of benzene rings is 1. The molecule has 1 aromatic carbocycles. The van der Waals surface area contributed by atoms with E-state index < -0.39 is 0 Å². The molecule has 1 fully saturated rings. The number of amides is 1. The van der Waals surface area contributed by atoms with Crippen LogP contribution in [0.15, 0.2) is 29.6 Å². The zero-order chi connectivity index (χ0) is 17.7. The van der Waals surface area contributed by atoms with Crippen molar-refractivity contribution < 1.29 is 9.53 Å². The van der Waals surface area contributed by atoms with Crippen molar-refractivity contribution in [3.05, 3.63) is 50.9 Å². The van der Waals surface area contributed by atoms with Crippen molar-refractivity contribution in [1.82, 2.24) is 10.3 Å². The van der Waals surface area contributed by atoms with Gasteiger partial charge in [-0.1, -0.05) is 23.7 Å². The Morgan fingerprint density at radius 3 is 2.92 bits per heavy atom. The van der Waals surface area contributed by atoms with Gasteiger partial charge in [-0.05, 0) is 37.1 Å². The molecule has 3 N–H and O–H groups in total. The van der Waals surface area contributed by atoms with E-state index in [9.17, 15) is 4.79 Å². The van der Waals surface area contributed by atoms with Crippen LogP contribution in [0.4, 0.5) is 0 Å². The standard InChI is InChI=1S/C18H22ClN3O2S/c19-14-3-1-2-13(10-14)18(5-8-24-9-6-18)12-21-17(23)15-11-25-16(22-15)4-7-20/h1-3,10-11H,4-9,12,20H2,(H,21,23). The van der Waals surface area contributed by atoms with Crippen molar-refractivity contribution in [3.8, 4) is 0 Å². The number of rotatable bonds is 6. The lowest BCUT2D eigenvalue weighted by Gasteiger charge is -2.38. The SMILES string of the molecule is NCCc1nc(C(=O)NCC2(c3cccc(Cl)c3)CCOCC2)cs1. The van der Waals surface area contributed by atoms with Crippen LogP contribution in [0, 0.1) is 0 Å². The van der Waals surface area contributed by atoms with E-state index in [-0.39, 0.29) is 11.3 Å². The van der Waals surface area contributed by atoms with Crippen LogP contribution in [0.1, 0.15) is 33.9 Å². The monoisotopic (exact) mass is 379 g/mol. The second-order valence-corrected chi connectivity index (χ2v) is 7.63. The van der Waals surface area contributed by atoms with E-state index in [2.05, 4.69) is 16.4 Å². The number of nitrogens with one attached hydrogen (secondary N) is 1. The second kappa shape index (κ2) is 8.27. The highest BCUT2D eigenvalue weighted by molar-refractivity contribution is 7.09. The zero-order valence-corrected chi connectivity index (χ0v) is 15.5. The van der Waals surface area contributed by atoms with Crippen LogP contribution in [0.3, 0.4) is 0 Å². The Hall–Kier alpha value is -1.47. The van der Waals surface area contributed by atoms with Crippen molar-refractivity contribution in [2.45, 2.75) is 24.7 Å². The van der Waals surface area contributed by atoms with Gasteiger partial charge in [-0.15, -0.1) is 11.3 Å². The molecule has 0 aliphatic carbocycles. The first-order chi connectivity index (χ1) is 12.1. The molecule has 134 valence electrons. The number of hydrogen-bond donors (Lipinski definition) is 2. The van der Waals surface area contributed by atoms with Gasteiger partial charge in [0.05, 0.1) is 5.01 Å². The third-order valence-electron chi connectivity index (χ3n) is 4.62. The first kappa shape index (κ1) is 18.3. The van der Waals surface area contributed by atoms with Crippen LogP contribution in [-0.4, -0.2) is 37.2 Å². The van der Waals surface area contributed by atoms with E-state index in [4.69, 9.17) is 22.1 Å². The number of hydrogen-bond acceptors (Lipinski definition) is 5. The Labute approximate surface area is 156 Å². The third-order valence-corrected chi connectivity index (χ3v) is 5.76. The molecule has 0 unspecified atom stereocenters. The maximum absolute atomic E-state index is 12.5. The van der Waals surface area contributed by atoms with Crippen LogP contribution in [0.25, 0.3) is 0 Å². The fraction of sp³-hybridized carbons (Fsp3) is 0.444. The summed E-state index contributed by atoms with van der Waals surface area (Å²) in [4.78, 5) is 16.8. The summed E-state index contributed by atoms with van der Waals surface area (Å²) in [5, 5.41) is 6.45. The zero-order valence-electron chi connectivity index (χ0n) is 14.0. The molecule has 0 spiro atoms. The topological polar surface area (TPSA) is 77.2 Å². The fourth-order valence-corrected chi connectivity index (χ4v) is 4.13. The Bertz CT molecular complexity index is 729. The molecule has 7 heteroatoms. The van der Waals surface area contributed by atoms with Crippen molar-refractivity contribution in [3.63, 3.8) is 0 Å². The summed E-state index contributed by atoms with van der Waals surface area (Å²) in [6, 6.07) is 7.88. The Balaban J connectivity index is 1.73. The average Bonchev–Trinajstić information content (AvgIpc) is 3.10. The molecular weight excluding hydrogens is 358 g/mol. The van der Waals surface area contributed by atoms with Gasteiger partial charge in [0, 0.05) is 42.0 Å². The van der Waals surface area contributed by atoms with Crippen LogP contribution in [0.2, 0.25) is 5.02 Å². The molecule has 1 aromatic heterocycles. The maximum atomic E-state index is 12.5. The summed E-state index contributed by atoms with van der Waals surface area (Å²) in [7, 11) is 0. The number of halogens is 1. The molecule has 0 radical (unpaired) electrons. The van der Waals surface area contributed by atoms with Crippen molar-refractivity contribution in [1.29, 1.82) is 0 Å². The van der Waals surface area contributed by atoms with Gasteiger partial charge < -0.3 is 15.8 Å². The molecule has 0 atom stereocenters. The summed E-state index contributed by atoms with van der Waals surface area (Å²) in [5.41, 5.74) is 6.99. The predicted octanol–water partition coefficient (Wildman–Crippen LogP) is 2.78. The molecule has 0 bridgehead atoms. The van der Waals surface area contributed by atoms with Gasteiger partial charge in [0.1, 0.15) is 5.69 Å². The summed E-state index contributed by atoms with van der Waals surface area (Å²) in [6.07, 6.45) is 2.40. The van der Waals surface area contributed by atoms with Crippen molar-refractivity contribution in [2.75, 3.05) is 26.3 Å². The minimum Gasteiger partial charge on any atom is -0.381 e. The van der Waals surface area contributed by atoms with Gasteiger partial charge in [0.25, 0.3) is 5.91 Å². The maximum Gasteiger partial charge on any atom is 0.270 e. The van der Waals surface area contributed by atoms with Crippen molar-refractivity contribution in [2.24, 2.45) is 5.73 Å². The van der Waals surface area contributed by atoms with Gasteiger partial charge in [-0.2, -0.15) is 0 Å². The molecule has 1 aliphatic heterocycles. The molecule has 1 saturated heterocycles. The summed E-state index contributed by atoms with van der Waals surface area (Å²) in [5.74, 6) is -0.146. The van der Waals surface area contributed by atoms with Gasteiger partial charge in [-0.25, -0.2) is 4.98 Å². The van der Waals surface area contributed by atoms with E-state index in [1.807, 2.05) is 18.2 Å². The first-order valence-electron chi connectivity index (χ1n) is 8.39. The fourth-order valence-electron chi connectivity index (χ4n) is 3.14. The van der Waals surface area contributed by atoms with E-state index in [0.29, 0.717) is 43.4 Å². The predicted molar refractivity (Wildman–Crippen MR) is 100 cm³/mol. The lowest BCUT2D eigenvalue weighted by atomic mass is 9.74. The summed E-state index contributed by atoms with van der Waals surface area (Å²) in [6.45, 7) is 2.44. The number of nitrogens with zero attached hydrogens (tertiary/aromatic N) is 1. The van der Waals surface area contributed by atoms with Crippen LogP contribution in [-0.2, 0) is 16.6 Å². The van der Waals surface area contributed by atoms with E-state index >= 15 is 0 Å². The number of carbonyl (C=O) groups is 1. The third kappa shape index (κ3) is 4.39. The number of ether oxygens (including phenoxy) is 1. The molecular formula is C18H22ClN3O2S. The highest BCUT2D eigenvalue weighted by atomic mass is 35.5. The smallest absolute Gasteiger partial charge is 0.270 e. The number of aromatic nitrogens is 1. The van der Waals surface area contributed by atoms with Gasteiger partial charge in [0.15, 0.2) is 0 Å². The summed E-state index contributed by atoms with van der Waals surface area (Å²) < 4.78 is 5.53. The highest BCUT2D eigenvalue weighted by Crippen LogP contribution is 2.35. The molecule has 0 saturated carbocycles. The lowest BCUT2D eigenvalue weighted by Crippen LogP contribution is -2.44. The second-order valence-electron chi connectivity index (χ2n) is 6.25. The van der Waals surface area contributed by atoms with Crippen LogP contribution in [0.5, 0.6) is 0 Å². The Kier molecular flexibility index (Phi) is 6.06. The Morgan fingerprint density at radius 1 is 1.40 bits per heavy atom. The molecule has 25 heavy (non-hydrogen) atoms. The highest BCUT2D eigenvalue weighted by Gasteiger charge is 2.35. The summed E-state index contributed by atoms with van der Waals surface area (Å²) >= 11 is 7.65. The average molecular weight is 380 g/mol. The van der Waals surface area contributed by atoms with E-state index in [1.165, 1.54) is 11.3 Å². The van der Waals surface area contributed by atoms with E-state index in [0.717, 1.165) is 23.4 Å².